The van der Waals surface area contributed by atoms with Crippen molar-refractivity contribution in [2.75, 3.05) is 19.0 Å². The van der Waals surface area contributed by atoms with Crippen LogP contribution in [0.3, 0.4) is 0 Å². The third-order valence-electron chi connectivity index (χ3n) is 5.62. The number of nitrogens with one attached hydrogen (secondary N) is 3. The fraction of sp³-hybridized carbons (Fsp3) is 0.476. The van der Waals surface area contributed by atoms with Crippen LogP contribution >= 0.6 is 0 Å². The second-order valence-electron chi connectivity index (χ2n) is 7.96. The normalized spacial score (nSPS) is 20.6. The number of phenolic OH excluding ortho intramolecular Hbond substituents is 1. The Kier molecular flexibility index (Phi) is 7.36. The number of anilines is 1. The topological polar surface area (TPSA) is 180 Å². The predicted octanol–water partition coefficient (Wildman–Crippen LogP) is -1.03. The molecule has 2 fully saturated rings. The summed E-state index contributed by atoms with van der Waals surface area (Å²) in [5.74, 6) is -2.65. The average molecular weight is 461 g/mol. The molecule has 2 saturated heterocycles. The lowest BCUT2D eigenvalue weighted by atomic mass is 10.1. The molecule has 12 heteroatoms. The molecule has 3 atom stereocenters. The molecule has 178 valence electrons. The van der Waals surface area contributed by atoms with Gasteiger partial charge in [-0.3, -0.25) is 24.0 Å². The van der Waals surface area contributed by atoms with Crippen LogP contribution in [-0.4, -0.2) is 71.3 Å². The van der Waals surface area contributed by atoms with Gasteiger partial charge in [-0.15, -0.1) is 0 Å². The molecule has 0 bridgehead atoms. The van der Waals surface area contributed by atoms with Crippen LogP contribution in [0.2, 0.25) is 0 Å². The molecule has 33 heavy (non-hydrogen) atoms. The van der Waals surface area contributed by atoms with Gasteiger partial charge in [-0.2, -0.15) is 0 Å². The Hall–Kier alpha value is -3.83. The molecule has 1 aromatic carbocycles. The number of ether oxygens (including phenoxy) is 1. The number of methoxy groups -OCH3 is 1. The molecular weight excluding hydrogens is 434 g/mol. The first-order valence-corrected chi connectivity index (χ1v) is 10.6. The van der Waals surface area contributed by atoms with E-state index < -0.39 is 48.2 Å². The highest BCUT2D eigenvalue weighted by Gasteiger charge is 2.39. The highest BCUT2D eigenvalue weighted by atomic mass is 16.5. The average Bonchev–Trinajstić information content (AvgIpc) is 3.42. The van der Waals surface area contributed by atoms with Crippen LogP contribution in [0.4, 0.5) is 5.69 Å². The van der Waals surface area contributed by atoms with Crippen molar-refractivity contribution in [3.8, 4) is 11.5 Å². The van der Waals surface area contributed by atoms with E-state index in [1.165, 1.54) is 24.1 Å². The molecular formula is C21H27N5O7. The monoisotopic (exact) mass is 461 g/mol. The summed E-state index contributed by atoms with van der Waals surface area (Å²) in [6, 6.07) is 1.48. The first-order valence-electron chi connectivity index (χ1n) is 10.6. The van der Waals surface area contributed by atoms with Gasteiger partial charge in [0.05, 0.1) is 13.5 Å². The lowest BCUT2D eigenvalue weighted by Crippen LogP contribution is -2.56. The summed E-state index contributed by atoms with van der Waals surface area (Å²) in [5, 5.41) is 17.6. The number of rotatable bonds is 8. The zero-order valence-corrected chi connectivity index (χ0v) is 18.1. The number of benzene rings is 1. The highest BCUT2D eigenvalue weighted by molar-refractivity contribution is 6.00. The van der Waals surface area contributed by atoms with Crippen LogP contribution in [0, 0.1) is 0 Å². The van der Waals surface area contributed by atoms with E-state index in [0.29, 0.717) is 18.5 Å². The van der Waals surface area contributed by atoms with Gasteiger partial charge in [-0.05, 0) is 31.4 Å². The van der Waals surface area contributed by atoms with E-state index in [-0.39, 0.29) is 36.8 Å². The van der Waals surface area contributed by atoms with Crippen LogP contribution < -0.4 is 26.4 Å². The first kappa shape index (κ1) is 23.8. The summed E-state index contributed by atoms with van der Waals surface area (Å²) in [6.07, 6.45) is 0.971. The maximum atomic E-state index is 13.2. The molecule has 3 unspecified atom stereocenters. The Morgan fingerprint density at radius 2 is 2.03 bits per heavy atom. The zero-order valence-electron chi connectivity index (χ0n) is 18.1. The molecule has 1 aromatic rings. The van der Waals surface area contributed by atoms with Gasteiger partial charge in [0.25, 0.3) is 0 Å². The number of phenols is 1. The quantitative estimate of drug-likeness (QED) is 0.328. The molecule has 0 spiro atoms. The van der Waals surface area contributed by atoms with Gasteiger partial charge < -0.3 is 36.4 Å². The number of likely N-dealkylation sites (tertiary alicyclic amines) is 1. The third kappa shape index (κ3) is 5.70. The van der Waals surface area contributed by atoms with E-state index in [0.717, 1.165) is 0 Å². The first-order chi connectivity index (χ1) is 15.7. The van der Waals surface area contributed by atoms with Gasteiger partial charge in [0, 0.05) is 24.7 Å². The van der Waals surface area contributed by atoms with Crippen LogP contribution in [0.25, 0.3) is 0 Å². The summed E-state index contributed by atoms with van der Waals surface area (Å²) in [4.78, 5) is 62.8. The smallest absolute Gasteiger partial charge is 0.247 e. The predicted molar refractivity (Wildman–Crippen MR) is 115 cm³/mol. The number of nitrogens with zero attached hydrogens (tertiary/aromatic N) is 1. The van der Waals surface area contributed by atoms with E-state index in [9.17, 15) is 29.1 Å². The summed E-state index contributed by atoms with van der Waals surface area (Å²) < 4.78 is 4.97. The number of aromatic hydroxyl groups is 1. The van der Waals surface area contributed by atoms with Crippen molar-refractivity contribution in [1.29, 1.82) is 0 Å². The summed E-state index contributed by atoms with van der Waals surface area (Å²) >= 11 is 0. The van der Waals surface area contributed by atoms with E-state index >= 15 is 0 Å². The number of hydrogen-bond donors (Lipinski definition) is 5. The minimum absolute atomic E-state index is 0.155. The summed E-state index contributed by atoms with van der Waals surface area (Å²) in [6.45, 7) is 0.260. The van der Waals surface area contributed by atoms with Gasteiger partial charge in [-0.25, -0.2) is 0 Å². The van der Waals surface area contributed by atoms with Gasteiger partial charge in [0.15, 0.2) is 11.5 Å². The SMILES string of the molecule is COc1ccc(NC(=O)C2CCCN2C(=O)C(CC(N)=O)NC(=O)C2CCC(=O)N2)cc1O. The number of hydrogen-bond acceptors (Lipinski definition) is 7. The largest absolute Gasteiger partial charge is 0.504 e. The van der Waals surface area contributed by atoms with Crippen molar-refractivity contribution in [3.05, 3.63) is 18.2 Å². The maximum absolute atomic E-state index is 13.2. The van der Waals surface area contributed by atoms with Gasteiger partial charge in [0.1, 0.15) is 18.1 Å². The number of carbonyl (C=O) groups excluding carboxylic acids is 5. The Morgan fingerprint density at radius 1 is 1.27 bits per heavy atom. The molecule has 2 heterocycles. The Bertz CT molecular complexity index is 966. The second-order valence-corrected chi connectivity index (χ2v) is 7.96. The lowest BCUT2D eigenvalue weighted by molar-refractivity contribution is -0.141. The standard InChI is InChI=1S/C21H27N5O7/c1-33-16-6-4-11(9-15(16)27)23-20(31)14-3-2-8-26(14)21(32)13(10-17(22)28)25-19(30)12-5-7-18(29)24-12/h4,6,9,12-14,27H,2-3,5,7-8,10H2,1H3,(H2,22,28)(H,23,31)(H,24,29)(H,25,30). The van der Waals surface area contributed by atoms with Gasteiger partial charge in [-0.1, -0.05) is 0 Å². The zero-order chi connectivity index (χ0) is 24.1. The minimum atomic E-state index is -1.26. The molecule has 0 aromatic heterocycles. The molecule has 0 saturated carbocycles. The van der Waals surface area contributed by atoms with Crippen molar-refractivity contribution >= 4 is 35.2 Å². The van der Waals surface area contributed by atoms with Gasteiger partial charge >= 0.3 is 0 Å². The summed E-state index contributed by atoms with van der Waals surface area (Å²) in [5.41, 5.74) is 5.59. The number of nitrogens with two attached hydrogens (primary N) is 1. The molecule has 5 amide bonds. The van der Waals surface area contributed by atoms with E-state index in [4.69, 9.17) is 10.5 Å². The van der Waals surface area contributed by atoms with E-state index in [1.54, 1.807) is 6.07 Å². The Labute approximate surface area is 189 Å². The van der Waals surface area contributed by atoms with Crippen LogP contribution in [0.15, 0.2) is 18.2 Å². The maximum Gasteiger partial charge on any atom is 0.247 e. The fourth-order valence-electron chi connectivity index (χ4n) is 3.98. The van der Waals surface area contributed by atoms with E-state index in [1.807, 2.05) is 0 Å². The minimum Gasteiger partial charge on any atom is -0.504 e. The molecule has 0 radical (unpaired) electrons. The van der Waals surface area contributed by atoms with Crippen molar-refractivity contribution in [2.24, 2.45) is 5.73 Å². The van der Waals surface area contributed by atoms with Crippen LogP contribution in [0.5, 0.6) is 11.5 Å². The van der Waals surface area contributed by atoms with Crippen molar-refractivity contribution in [2.45, 2.75) is 50.2 Å². The second kappa shape index (κ2) is 10.2. The fourth-order valence-corrected chi connectivity index (χ4v) is 3.98. The third-order valence-corrected chi connectivity index (χ3v) is 5.62. The number of primary amides is 1. The molecule has 2 aliphatic heterocycles. The molecule has 12 nitrogen and oxygen atoms in total. The van der Waals surface area contributed by atoms with Crippen molar-refractivity contribution in [3.63, 3.8) is 0 Å². The molecule has 0 aliphatic carbocycles. The molecule has 2 aliphatic rings. The Morgan fingerprint density at radius 3 is 2.64 bits per heavy atom. The molecule has 3 rings (SSSR count). The van der Waals surface area contributed by atoms with Crippen LogP contribution in [0.1, 0.15) is 32.1 Å². The van der Waals surface area contributed by atoms with Crippen molar-refractivity contribution < 1.29 is 33.8 Å². The lowest BCUT2D eigenvalue weighted by Gasteiger charge is -2.29. The van der Waals surface area contributed by atoms with E-state index in [2.05, 4.69) is 16.0 Å². The molecule has 6 N–H and O–H groups in total. The summed E-state index contributed by atoms with van der Waals surface area (Å²) in [7, 11) is 1.40. The number of carbonyl (C=O) groups is 5. The van der Waals surface area contributed by atoms with Gasteiger partial charge in [0.2, 0.25) is 29.5 Å². The Balaban J connectivity index is 1.70. The number of amides is 5. The van der Waals surface area contributed by atoms with Crippen LogP contribution in [-0.2, 0) is 24.0 Å². The highest BCUT2D eigenvalue weighted by Crippen LogP contribution is 2.29. The van der Waals surface area contributed by atoms with Crippen molar-refractivity contribution in [1.82, 2.24) is 15.5 Å².